The first-order chi connectivity index (χ1) is 16.7. The molecule has 5 rings (SSSR count). The Morgan fingerprint density at radius 2 is 1.49 bits per heavy atom. The summed E-state index contributed by atoms with van der Waals surface area (Å²) >= 11 is 0.919. The molecule has 1 N–H and O–H groups in total. The highest BCUT2D eigenvalue weighted by Crippen LogP contribution is 2.28. The first-order valence-electron chi connectivity index (χ1n) is 9.96. The molecule has 174 valence electrons. The maximum absolute atomic E-state index is 12.5. The predicted octanol–water partition coefficient (Wildman–Crippen LogP) is 1.48. The molecular formula is C21H12N6O7S. The maximum Gasteiger partial charge on any atom is 0.270 e. The number of hydrogen-bond donors (Lipinski definition) is 1. The van der Waals surface area contributed by atoms with Gasteiger partial charge in [-0.25, -0.2) is 0 Å². The Hall–Kier alpha value is -4.85. The Kier molecular flexibility index (Phi) is 5.13. The second-order valence-electron chi connectivity index (χ2n) is 7.47. The van der Waals surface area contributed by atoms with Crippen LogP contribution in [0.4, 0.5) is 10.8 Å². The summed E-state index contributed by atoms with van der Waals surface area (Å²) in [5.74, 6) is -3.25. The lowest BCUT2D eigenvalue weighted by atomic mass is 10.1. The molecule has 0 spiro atoms. The van der Waals surface area contributed by atoms with E-state index in [1.54, 1.807) is 24.3 Å². The highest BCUT2D eigenvalue weighted by Gasteiger charge is 2.38. The van der Waals surface area contributed by atoms with Gasteiger partial charge in [0.15, 0.2) is 0 Å². The van der Waals surface area contributed by atoms with Crippen molar-refractivity contribution in [2.75, 3.05) is 11.9 Å². The van der Waals surface area contributed by atoms with Crippen molar-refractivity contribution in [2.24, 2.45) is 0 Å². The number of imide groups is 2. The largest absolute Gasteiger partial charge is 0.299 e. The number of carbonyl (C=O) groups is 5. The Bertz CT molecular complexity index is 1450. The number of non-ortho nitro benzene ring substituents is 1. The van der Waals surface area contributed by atoms with Crippen LogP contribution in [0.3, 0.4) is 0 Å². The fraction of sp³-hybridized carbons (Fsp3) is 0.0952. The van der Waals surface area contributed by atoms with E-state index in [1.807, 2.05) is 0 Å². The van der Waals surface area contributed by atoms with E-state index in [9.17, 15) is 34.1 Å². The molecule has 0 atom stereocenters. The highest BCUT2D eigenvalue weighted by atomic mass is 32.1. The Balaban J connectivity index is 1.23. The molecule has 0 bridgehead atoms. The predicted molar refractivity (Wildman–Crippen MR) is 118 cm³/mol. The van der Waals surface area contributed by atoms with E-state index in [0.717, 1.165) is 28.4 Å². The lowest BCUT2D eigenvalue weighted by Gasteiger charge is -2.12. The fourth-order valence-electron chi connectivity index (χ4n) is 3.72. The van der Waals surface area contributed by atoms with Crippen LogP contribution in [0.25, 0.3) is 0 Å². The monoisotopic (exact) mass is 492 g/mol. The first-order valence-corrected chi connectivity index (χ1v) is 10.8. The summed E-state index contributed by atoms with van der Waals surface area (Å²) in [7, 11) is 0. The third-order valence-electron chi connectivity index (χ3n) is 5.35. The summed E-state index contributed by atoms with van der Waals surface area (Å²) in [6.45, 7) is -0.787. The second kappa shape index (κ2) is 8.18. The third-order valence-corrected chi connectivity index (χ3v) is 6.18. The minimum absolute atomic E-state index is 0.0347. The number of nitro groups is 1. The standard InChI is InChI=1S/C21H12N6O7S/c28-15(8-25-19(31)13-6-5-10(27(33)34)7-14(13)20(25)32)22-21-24-23-16(35-21)9-26-17(29)11-3-1-2-4-12(11)18(26)30/h1-7H,8-9H2,(H,22,24,28). The van der Waals surface area contributed by atoms with Crippen LogP contribution >= 0.6 is 11.3 Å². The van der Waals surface area contributed by atoms with Crippen molar-refractivity contribution in [2.45, 2.75) is 6.54 Å². The lowest BCUT2D eigenvalue weighted by Crippen LogP contribution is -2.37. The van der Waals surface area contributed by atoms with Crippen LogP contribution in [-0.4, -0.2) is 61.0 Å². The van der Waals surface area contributed by atoms with E-state index in [0.29, 0.717) is 16.0 Å². The molecular weight excluding hydrogens is 480 g/mol. The van der Waals surface area contributed by atoms with Gasteiger partial charge in [0.1, 0.15) is 11.6 Å². The molecule has 0 fully saturated rings. The van der Waals surface area contributed by atoms with Gasteiger partial charge in [-0.15, -0.1) is 10.2 Å². The SMILES string of the molecule is O=C(CN1C(=O)c2ccc([N+](=O)[O-])cc2C1=O)Nc1nnc(CN2C(=O)c3ccccc3C2=O)s1. The van der Waals surface area contributed by atoms with E-state index in [-0.39, 0.29) is 33.5 Å². The number of anilines is 1. The summed E-state index contributed by atoms with van der Waals surface area (Å²) < 4.78 is 0. The quantitative estimate of drug-likeness (QED) is 0.304. The highest BCUT2D eigenvalue weighted by molar-refractivity contribution is 7.15. The van der Waals surface area contributed by atoms with Gasteiger partial charge in [-0.2, -0.15) is 0 Å². The number of benzene rings is 2. The van der Waals surface area contributed by atoms with Gasteiger partial charge < -0.3 is 0 Å². The third kappa shape index (κ3) is 3.71. The maximum atomic E-state index is 12.5. The van der Waals surface area contributed by atoms with Crippen molar-refractivity contribution in [1.82, 2.24) is 20.0 Å². The van der Waals surface area contributed by atoms with Gasteiger partial charge in [-0.1, -0.05) is 23.5 Å². The van der Waals surface area contributed by atoms with Crippen LogP contribution < -0.4 is 5.32 Å². The molecule has 13 nitrogen and oxygen atoms in total. The van der Waals surface area contributed by atoms with Gasteiger partial charge in [0, 0.05) is 12.1 Å². The van der Waals surface area contributed by atoms with Crippen molar-refractivity contribution in [1.29, 1.82) is 0 Å². The van der Waals surface area contributed by atoms with Crippen LogP contribution in [0, 0.1) is 10.1 Å². The van der Waals surface area contributed by atoms with E-state index >= 15 is 0 Å². The molecule has 0 aliphatic carbocycles. The van der Waals surface area contributed by atoms with E-state index in [1.165, 1.54) is 6.07 Å². The average Bonchev–Trinajstić information content (AvgIpc) is 3.46. The first kappa shape index (κ1) is 22.0. The normalized spacial score (nSPS) is 14.4. The number of rotatable bonds is 6. The summed E-state index contributed by atoms with van der Waals surface area (Å²) in [4.78, 5) is 74.4. The number of fused-ring (bicyclic) bond motifs is 2. The number of nitro benzene ring substituents is 1. The molecule has 35 heavy (non-hydrogen) atoms. The zero-order valence-corrected chi connectivity index (χ0v) is 18.3. The Labute approximate surface area is 199 Å². The lowest BCUT2D eigenvalue weighted by molar-refractivity contribution is -0.384. The van der Waals surface area contributed by atoms with Crippen molar-refractivity contribution in [3.8, 4) is 0 Å². The molecule has 2 aliphatic rings. The summed E-state index contributed by atoms with van der Waals surface area (Å²) in [5.41, 5.74) is 0.0444. The molecule has 14 heteroatoms. The number of nitrogens with zero attached hydrogens (tertiary/aromatic N) is 5. The number of aromatic nitrogens is 2. The van der Waals surface area contributed by atoms with Crippen LogP contribution in [0.2, 0.25) is 0 Å². The van der Waals surface area contributed by atoms with Crippen molar-refractivity contribution >= 4 is 51.7 Å². The summed E-state index contributed by atoms with van der Waals surface area (Å²) in [6.07, 6.45) is 0. The molecule has 0 saturated carbocycles. The summed E-state index contributed by atoms with van der Waals surface area (Å²) in [5, 5.41) is 21.4. The van der Waals surface area contributed by atoms with Gasteiger partial charge in [0.2, 0.25) is 11.0 Å². The van der Waals surface area contributed by atoms with Crippen molar-refractivity contribution in [3.05, 3.63) is 79.8 Å². The topological polar surface area (TPSA) is 173 Å². The fourth-order valence-corrected chi connectivity index (χ4v) is 4.47. The minimum Gasteiger partial charge on any atom is -0.299 e. The Morgan fingerprint density at radius 1 is 0.886 bits per heavy atom. The minimum atomic E-state index is -0.826. The zero-order chi connectivity index (χ0) is 24.9. The van der Waals surface area contributed by atoms with E-state index < -0.39 is 41.0 Å². The number of hydrogen-bond acceptors (Lipinski definition) is 10. The molecule has 5 amide bonds. The average molecular weight is 492 g/mol. The van der Waals surface area contributed by atoms with Gasteiger partial charge in [-0.05, 0) is 18.2 Å². The van der Waals surface area contributed by atoms with Gasteiger partial charge >= 0.3 is 0 Å². The van der Waals surface area contributed by atoms with Crippen LogP contribution in [0.1, 0.15) is 46.4 Å². The van der Waals surface area contributed by atoms with Crippen LogP contribution in [-0.2, 0) is 11.3 Å². The van der Waals surface area contributed by atoms with Crippen LogP contribution in [0.5, 0.6) is 0 Å². The van der Waals surface area contributed by atoms with Gasteiger partial charge in [0.05, 0.1) is 33.7 Å². The number of nitrogens with one attached hydrogen (secondary N) is 1. The smallest absolute Gasteiger partial charge is 0.270 e. The molecule has 2 aromatic carbocycles. The molecule has 0 radical (unpaired) electrons. The molecule has 0 saturated heterocycles. The zero-order valence-electron chi connectivity index (χ0n) is 17.5. The molecule has 1 aromatic heterocycles. The number of carbonyl (C=O) groups excluding carboxylic acids is 5. The van der Waals surface area contributed by atoms with Gasteiger partial charge in [-0.3, -0.25) is 49.2 Å². The molecule has 3 heterocycles. The molecule has 0 unspecified atom stereocenters. The van der Waals surface area contributed by atoms with E-state index in [2.05, 4.69) is 15.5 Å². The summed E-state index contributed by atoms with van der Waals surface area (Å²) in [6, 6.07) is 9.68. The van der Waals surface area contributed by atoms with Crippen molar-refractivity contribution < 1.29 is 28.9 Å². The van der Waals surface area contributed by atoms with Gasteiger partial charge in [0.25, 0.3) is 29.3 Å². The Morgan fingerprint density at radius 3 is 2.14 bits per heavy atom. The second-order valence-corrected chi connectivity index (χ2v) is 8.54. The van der Waals surface area contributed by atoms with Crippen LogP contribution in [0.15, 0.2) is 42.5 Å². The molecule has 2 aliphatic heterocycles. The molecule has 3 aromatic rings. The van der Waals surface area contributed by atoms with Crippen molar-refractivity contribution in [3.63, 3.8) is 0 Å². The van der Waals surface area contributed by atoms with E-state index in [4.69, 9.17) is 0 Å². The number of amides is 5.